The van der Waals surface area contributed by atoms with Crippen LogP contribution in [0, 0.1) is 3.57 Å². The lowest BCUT2D eigenvalue weighted by Gasteiger charge is -2.05. The zero-order valence-corrected chi connectivity index (χ0v) is 11.4. The topological polar surface area (TPSA) is 42.1 Å². The van der Waals surface area contributed by atoms with E-state index in [4.69, 9.17) is 16.3 Å². The van der Waals surface area contributed by atoms with Gasteiger partial charge in [-0.15, -0.1) is 0 Å². The average Bonchev–Trinajstić information content (AvgIpc) is 2.20. The molecule has 1 heterocycles. The Hall–Kier alpha value is -0.590. The van der Waals surface area contributed by atoms with Crippen molar-refractivity contribution in [2.75, 3.05) is 7.11 Å². The number of fused-ring (bicyclic) bond motifs is 1. The molecule has 0 aliphatic carbocycles. The molecule has 0 bridgehead atoms. The highest BCUT2D eigenvalue weighted by atomic mass is 127. The van der Waals surface area contributed by atoms with Crippen LogP contribution in [0.25, 0.3) is 10.9 Å². The van der Waals surface area contributed by atoms with Crippen LogP contribution < -0.4 is 5.43 Å². The maximum Gasteiger partial charge on any atom is 0.189 e. The summed E-state index contributed by atoms with van der Waals surface area (Å²) in [7, 11) is 1.58. The number of H-pyrrole nitrogens is 1. The number of benzene rings is 1. The van der Waals surface area contributed by atoms with Crippen molar-refractivity contribution in [2.45, 2.75) is 6.61 Å². The maximum atomic E-state index is 11.8. The Balaban J connectivity index is 2.77. The molecule has 16 heavy (non-hydrogen) atoms. The zero-order chi connectivity index (χ0) is 11.7. The summed E-state index contributed by atoms with van der Waals surface area (Å²) in [6.07, 6.45) is 0. The number of rotatable bonds is 2. The molecule has 0 radical (unpaired) electrons. The molecule has 0 saturated carbocycles. The number of methoxy groups -OCH3 is 1. The van der Waals surface area contributed by atoms with Gasteiger partial charge in [0.25, 0.3) is 0 Å². The third-order valence-electron chi connectivity index (χ3n) is 2.21. The molecule has 1 aromatic carbocycles. The maximum absolute atomic E-state index is 11.8. The van der Waals surface area contributed by atoms with Crippen LogP contribution in [0.3, 0.4) is 0 Å². The fourth-order valence-electron chi connectivity index (χ4n) is 1.56. The smallest absolute Gasteiger partial charge is 0.189 e. The van der Waals surface area contributed by atoms with Gasteiger partial charge in [-0.3, -0.25) is 4.79 Å². The number of aromatic nitrogens is 1. The van der Waals surface area contributed by atoms with Crippen LogP contribution >= 0.6 is 34.2 Å². The second kappa shape index (κ2) is 4.73. The molecule has 0 amide bonds. The Labute approximate surface area is 111 Å². The molecule has 84 valence electrons. The summed E-state index contributed by atoms with van der Waals surface area (Å²) in [5.41, 5.74) is 1.35. The summed E-state index contributed by atoms with van der Waals surface area (Å²) in [5.74, 6) is 0. The van der Waals surface area contributed by atoms with Crippen molar-refractivity contribution in [3.8, 4) is 0 Å². The lowest BCUT2D eigenvalue weighted by molar-refractivity contribution is 0.181. The van der Waals surface area contributed by atoms with Crippen molar-refractivity contribution in [2.24, 2.45) is 0 Å². The van der Waals surface area contributed by atoms with Crippen LogP contribution in [-0.4, -0.2) is 12.1 Å². The number of pyridine rings is 1. The Morgan fingerprint density at radius 3 is 2.88 bits per heavy atom. The summed E-state index contributed by atoms with van der Waals surface area (Å²) in [6, 6.07) is 5.17. The molecule has 3 nitrogen and oxygen atoms in total. The number of nitrogens with one attached hydrogen (secondary N) is 1. The number of hydrogen-bond donors (Lipinski definition) is 1. The van der Waals surface area contributed by atoms with Crippen molar-refractivity contribution in [1.29, 1.82) is 0 Å². The van der Waals surface area contributed by atoms with Gasteiger partial charge in [-0.25, -0.2) is 0 Å². The van der Waals surface area contributed by atoms with E-state index in [1.807, 2.05) is 12.1 Å². The SMILES string of the molecule is COCc1cc(=O)c2cc(I)cc(Cl)c2[nH]1. The minimum Gasteiger partial charge on any atom is -0.378 e. The van der Waals surface area contributed by atoms with Gasteiger partial charge < -0.3 is 9.72 Å². The minimum atomic E-state index is -0.0405. The highest BCUT2D eigenvalue weighted by Crippen LogP contribution is 2.22. The molecule has 2 aromatic rings. The highest BCUT2D eigenvalue weighted by molar-refractivity contribution is 14.1. The van der Waals surface area contributed by atoms with Gasteiger partial charge in [0.05, 0.1) is 17.1 Å². The minimum absolute atomic E-state index is 0.0405. The van der Waals surface area contributed by atoms with Crippen LogP contribution in [0.4, 0.5) is 0 Å². The first-order valence-corrected chi connectivity index (χ1v) is 6.07. The van der Waals surface area contributed by atoms with E-state index in [2.05, 4.69) is 27.6 Å². The molecule has 0 aliphatic heterocycles. The molecule has 5 heteroatoms. The van der Waals surface area contributed by atoms with Crippen LogP contribution in [0.15, 0.2) is 23.0 Å². The summed E-state index contributed by atoms with van der Waals surface area (Å²) in [6.45, 7) is 0.369. The number of hydrogen-bond acceptors (Lipinski definition) is 2. The standard InChI is InChI=1S/C11H9ClINO2/c1-16-5-7-4-10(15)8-2-6(13)3-9(12)11(8)14-7/h2-4H,5H2,1H3,(H,14,15). The predicted octanol–water partition coefficient (Wildman–Crippen LogP) is 2.93. The number of halogens is 2. The molecule has 1 N–H and O–H groups in total. The Morgan fingerprint density at radius 1 is 1.44 bits per heavy atom. The van der Waals surface area contributed by atoms with E-state index < -0.39 is 0 Å². The van der Waals surface area contributed by atoms with Crippen molar-refractivity contribution >= 4 is 45.1 Å². The quantitative estimate of drug-likeness (QED) is 0.847. The van der Waals surface area contributed by atoms with Gasteiger partial charge in [0.15, 0.2) is 5.43 Å². The Bertz CT molecular complexity index is 594. The number of ether oxygens (including phenoxy) is 1. The summed E-state index contributed by atoms with van der Waals surface area (Å²) < 4.78 is 5.93. The van der Waals surface area contributed by atoms with Crippen molar-refractivity contribution < 1.29 is 4.74 Å². The Kier molecular flexibility index (Phi) is 3.51. The monoisotopic (exact) mass is 349 g/mol. The van der Waals surface area contributed by atoms with Crippen LogP contribution in [-0.2, 0) is 11.3 Å². The van der Waals surface area contributed by atoms with Gasteiger partial charge in [0, 0.05) is 27.8 Å². The van der Waals surface area contributed by atoms with Gasteiger partial charge in [0.2, 0.25) is 0 Å². The van der Waals surface area contributed by atoms with Crippen molar-refractivity contribution in [3.05, 3.63) is 42.7 Å². The van der Waals surface area contributed by atoms with E-state index in [1.54, 1.807) is 7.11 Å². The molecule has 0 fully saturated rings. The second-order valence-electron chi connectivity index (χ2n) is 3.40. The van der Waals surface area contributed by atoms with Gasteiger partial charge >= 0.3 is 0 Å². The largest absolute Gasteiger partial charge is 0.378 e. The summed E-state index contributed by atoms with van der Waals surface area (Å²) in [4.78, 5) is 14.9. The van der Waals surface area contributed by atoms with E-state index in [9.17, 15) is 4.79 Å². The first-order chi connectivity index (χ1) is 7.61. The number of aromatic amines is 1. The summed E-state index contributed by atoms with van der Waals surface area (Å²) >= 11 is 8.22. The lowest BCUT2D eigenvalue weighted by atomic mass is 10.2. The van der Waals surface area contributed by atoms with Crippen LogP contribution in [0.5, 0.6) is 0 Å². The van der Waals surface area contributed by atoms with Gasteiger partial charge in [0.1, 0.15) is 0 Å². The van der Waals surface area contributed by atoms with Crippen LogP contribution in [0.1, 0.15) is 5.69 Å². The zero-order valence-electron chi connectivity index (χ0n) is 8.51. The van der Waals surface area contributed by atoms with E-state index in [0.29, 0.717) is 22.5 Å². The summed E-state index contributed by atoms with van der Waals surface area (Å²) in [5, 5.41) is 1.16. The average molecular weight is 350 g/mol. The molecule has 0 unspecified atom stereocenters. The van der Waals surface area contributed by atoms with Gasteiger partial charge in [-0.1, -0.05) is 11.6 Å². The first kappa shape index (κ1) is 11.9. The predicted molar refractivity (Wildman–Crippen MR) is 73.0 cm³/mol. The molecular weight excluding hydrogens is 340 g/mol. The van der Waals surface area contributed by atoms with Crippen LogP contribution in [0.2, 0.25) is 5.02 Å². The molecular formula is C11H9ClINO2. The molecule has 0 aliphatic rings. The van der Waals surface area contributed by atoms with Gasteiger partial charge in [-0.05, 0) is 34.7 Å². The van der Waals surface area contributed by atoms with Crippen molar-refractivity contribution in [3.63, 3.8) is 0 Å². The Morgan fingerprint density at radius 2 is 2.19 bits per heavy atom. The molecule has 2 rings (SSSR count). The van der Waals surface area contributed by atoms with Crippen molar-refractivity contribution in [1.82, 2.24) is 4.98 Å². The fourth-order valence-corrected chi connectivity index (χ4v) is 2.63. The molecule has 1 aromatic heterocycles. The third kappa shape index (κ3) is 2.23. The third-order valence-corrected chi connectivity index (χ3v) is 3.13. The lowest BCUT2D eigenvalue weighted by Crippen LogP contribution is -2.06. The van der Waals surface area contributed by atoms with E-state index >= 15 is 0 Å². The molecule has 0 saturated heterocycles. The second-order valence-corrected chi connectivity index (χ2v) is 5.05. The highest BCUT2D eigenvalue weighted by Gasteiger charge is 2.06. The molecule has 0 spiro atoms. The normalized spacial score (nSPS) is 10.9. The molecule has 0 atom stereocenters. The fraction of sp³-hybridized carbons (Fsp3) is 0.182. The van der Waals surface area contributed by atoms with Gasteiger partial charge in [-0.2, -0.15) is 0 Å². The van der Waals surface area contributed by atoms with E-state index in [0.717, 1.165) is 9.26 Å². The van der Waals surface area contributed by atoms with E-state index in [-0.39, 0.29) is 5.43 Å². The van der Waals surface area contributed by atoms with E-state index in [1.165, 1.54) is 6.07 Å². The first-order valence-electron chi connectivity index (χ1n) is 4.61.